The van der Waals surface area contributed by atoms with Gasteiger partial charge in [-0.1, -0.05) is 82.9 Å². The minimum Gasteiger partial charge on any atom is -0.258 e. The Kier molecular flexibility index (Phi) is 12.3. The van der Waals surface area contributed by atoms with Gasteiger partial charge < -0.3 is 0 Å². The number of hydrogen-bond donors (Lipinski definition) is 0. The predicted molar refractivity (Wildman–Crippen MR) is 244 cm³/mol. The Morgan fingerprint density at radius 1 is 0.444 bits per heavy atom. The van der Waals surface area contributed by atoms with Gasteiger partial charge in [0.15, 0.2) is 0 Å². The quantitative estimate of drug-likeness (QED) is 0.0705. The van der Waals surface area contributed by atoms with Gasteiger partial charge in [0.2, 0.25) is 0 Å². The lowest BCUT2D eigenvalue weighted by molar-refractivity contribution is -0.385. The van der Waals surface area contributed by atoms with Gasteiger partial charge in [-0.05, 0) is 95.1 Å². The molecule has 0 atom stereocenters. The third-order valence-electron chi connectivity index (χ3n) is 8.20. The summed E-state index contributed by atoms with van der Waals surface area (Å²) in [6, 6.07) is 25.4. The Morgan fingerprint density at radius 2 is 0.741 bits per heavy atom. The summed E-state index contributed by atoms with van der Waals surface area (Å²) in [4.78, 5) is 21.6. The zero-order valence-electron chi connectivity index (χ0n) is 28.9. The van der Waals surface area contributed by atoms with Crippen LogP contribution < -0.4 is 10.4 Å². The first kappa shape index (κ1) is 38.8. The molecular formula is C40H26N2O4S8. The largest absolute Gasteiger partial charge is 0.269 e. The van der Waals surface area contributed by atoms with Crippen molar-refractivity contribution in [1.82, 2.24) is 0 Å². The summed E-state index contributed by atoms with van der Waals surface area (Å²) in [5.74, 6) is 13.1. The Hall–Kier alpha value is -3.44. The molecule has 5 aromatic carbocycles. The van der Waals surface area contributed by atoms with Crippen LogP contribution in [-0.2, 0) is 0 Å². The lowest BCUT2D eigenvalue weighted by Crippen LogP contribution is -2.17. The van der Waals surface area contributed by atoms with Gasteiger partial charge in [-0.3, -0.25) is 20.2 Å². The average molecular weight is 855 g/mol. The zero-order valence-corrected chi connectivity index (χ0v) is 35.4. The molecule has 0 fully saturated rings. The van der Waals surface area contributed by atoms with E-state index in [1.165, 1.54) is 49.7 Å². The second-order valence-corrected chi connectivity index (χ2v) is 20.2. The number of benzene rings is 5. The van der Waals surface area contributed by atoms with Crippen molar-refractivity contribution in [3.05, 3.63) is 155 Å². The Bertz CT molecular complexity index is 2500. The van der Waals surface area contributed by atoms with E-state index >= 15 is 0 Å². The molecule has 0 N–H and O–H groups in total. The van der Waals surface area contributed by atoms with Crippen molar-refractivity contribution in [3.63, 3.8) is 0 Å². The van der Waals surface area contributed by atoms with Gasteiger partial charge in [0.1, 0.15) is 0 Å². The molecule has 2 heterocycles. The standard InChI is InChI=1S/C40H26N2O4S8/c1-47-37-38(48-2)52-35(51-37)33-29-19-13-26(8-6-24-11-17-28(18-12-24)42(45)46)22-32(29)34(36-53-39(49-3)40(50-4)54-36)30-20-14-25(21-31(30)33)7-5-23-9-15-27(16-10-23)41(43)44/h9-22H,1-4H3. The van der Waals surface area contributed by atoms with Gasteiger partial charge in [-0.15, -0.1) is 47.0 Å². The third-order valence-corrected chi connectivity index (χ3v) is 18.6. The first-order valence-corrected chi connectivity index (χ1v) is 24.0. The molecule has 0 unspecified atom stereocenters. The van der Waals surface area contributed by atoms with Crippen LogP contribution in [0.25, 0.3) is 30.0 Å². The Morgan fingerprint density at radius 3 is 1.04 bits per heavy atom. The molecule has 268 valence electrons. The molecule has 0 saturated heterocycles. The molecule has 5 aromatic rings. The fourth-order valence-electron chi connectivity index (χ4n) is 5.69. The molecule has 2 aliphatic heterocycles. The molecule has 0 saturated carbocycles. The zero-order chi connectivity index (χ0) is 37.9. The first-order valence-electron chi connectivity index (χ1n) is 15.9. The highest BCUT2D eigenvalue weighted by molar-refractivity contribution is 8.46. The second kappa shape index (κ2) is 17.1. The molecule has 54 heavy (non-hydrogen) atoms. The summed E-state index contributed by atoms with van der Waals surface area (Å²) >= 11 is 14.3. The van der Waals surface area contributed by atoms with Crippen molar-refractivity contribution < 1.29 is 9.85 Å². The van der Waals surface area contributed by atoms with Crippen LogP contribution in [0, 0.1) is 43.9 Å². The summed E-state index contributed by atoms with van der Waals surface area (Å²) in [5, 5.41) is 29.1. The molecule has 14 heteroatoms. The molecule has 0 bridgehead atoms. The molecule has 0 aromatic heterocycles. The number of fused-ring (bicyclic) bond motifs is 2. The molecule has 0 amide bonds. The highest BCUT2D eigenvalue weighted by atomic mass is 32.3. The van der Waals surface area contributed by atoms with E-state index in [0.717, 1.165) is 43.1 Å². The molecule has 2 aliphatic rings. The summed E-state index contributed by atoms with van der Waals surface area (Å²) in [6.45, 7) is 0. The number of rotatable bonds is 6. The molecule has 0 spiro atoms. The maximum Gasteiger partial charge on any atom is 0.269 e. The van der Waals surface area contributed by atoms with E-state index in [-0.39, 0.29) is 11.4 Å². The van der Waals surface area contributed by atoms with Gasteiger partial charge in [0.25, 0.3) is 11.4 Å². The molecular weight excluding hydrogens is 829 g/mol. The monoisotopic (exact) mass is 854 g/mol. The van der Waals surface area contributed by atoms with Crippen LogP contribution in [0.15, 0.2) is 102 Å². The van der Waals surface area contributed by atoms with Crippen LogP contribution in [0.2, 0.25) is 0 Å². The lowest BCUT2D eigenvalue weighted by atomic mass is 9.96. The number of thioether (sulfide) groups is 8. The number of nitro benzene ring substituents is 2. The Labute approximate surface area is 346 Å². The summed E-state index contributed by atoms with van der Waals surface area (Å²) < 4.78 is 7.54. The fourth-order valence-corrected chi connectivity index (χ4v) is 16.0. The maximum absolute atomic E-state index is 11.2. The third kappa shape index (κ3) is 8.08. The van der Waals surface area contributed by atoms with E-state index in [0.29, 0.717) is 11.1 Å². The average Bonchev–Trinajstić information content (AvgIpc) is 3.82. The van der Waals surface area contributed by atoms with Crippen LogP contribution in [-0.4, -0.2) is 34.9 Å². The summed E-state index contributed by atoms with van der Waals surface area (Å²) in [6.07, 6.45) is 8.48. The van der Waals surface area contributed by atoms with Crippen LogP contribution in [0.4, 0.5) is 11.4 Å². The molecule has 0 aliphatic carbocycles. The van der Waals surface area contributed by atoms with Crippen molar-refractivity contribution in [1.29, 1.82) is 0 Å². The molecule has 7 rings (SSSR count). The number of non-ortho nitro benzene ring substituents is 2. The van der Waals surface area contributed by atoms with E-state index in [1.807, 2.05) is 47.0 Å². The van der Waals surface area contributed by atoms with Crippen molar-refractivity contribution in [2.24, 2.45) is 0 Å². The van der Waals surface area contributed by atoms with E-state index in [9.17, 15) is 20.2 Å². The highest BCUT2D eigenvalue weighted by Crippen LogP contribution is 2.58. The number of hydrogen-bond acceptors (Lipinski definition) is 12. The minimum atomic E-state index is -0.409. The van der Waals surface area contributed by atoms with E-state index in [4.69, 9.17) is 0 Å². The van der Waals surface area contributed by atoms with Crippen LogP contribution >= 0.6 is 94.1 Å². The number of nitro groups is 2. The van der Waals surface area contributed by atoms with E-state index in [1.54, 1.807) is 71.3 Å². The highest BCUT2D eigenvalue weighted by Gasteiger charge is 2.26. The van der Waals surface area contributed by atoms with Gasteiger partial charge in [-0.25, -0.2) is 0 Å². The van der Waals surface area contributed by atoms with Crippen LogP contribution in [0.1, 0.15) is 22.3 Å². The van der Waals surface area contributed by atoms with Gasteiger partial charge >= 0.3 is 0 Å². The normalized spacial score (nSPS) is 14.1. The first-order chi connectivity index (χ1) is 26.2. The predicted octanol–water partition coefficient (Wildman–Crippen LogP) is 11.4. The fraction of sp³-hybridized carbons (Fsp3) is 0.100. The SMILES string of the molecule is CSC1=C(SC)SC(=c2c3ccc(C#Cc4ccc([N+](=O)[O-])cc4)cc3c(=C3SC(SC)=C(SC)S3)c3ccc(C#Cc4ccc([N+](=O)[O-])cc4)cc23)S1. The smallest absolute Gasteiger partial charge is 0.258 e. The minimum absolute atomic E-state index is 0.0334. The Balaban J connectivity index is 1.50. The second-order valence-electron chi connectivity index (χ2n) is 11.3. The van der Waals surface area contributed by atoms with Crippen molar-refractivity contribution in [2.45, 2.75) is 0 Å². The van der Waals surface area contributed by atoms with Crippen LogP contribution in [0.3, 0.4) is 0 Å². The van der Waals surface area contributed by atoms with Crippen molar-refractivity contribution >= 4 is 135 Å². The summed E-state index contributed by atoms with van der Waals surface area (Å²) in [5.41, 5.74) is 3.16. The molecule has 0 radical (unpaired) electrons. The topological polar surface area (TPSA) is 86.3 Å². The molecule has 6 nitrogen and oxygen atoms in total. The van der Waals surface area contributed by atoms with Gasteiger partial charge in [0, 0.05) is 57.0 Å². The van der Waals surface area contributed by atoms with E-state index in [2.05, 4.69) is 85.1 Å². The van der Waals surface area contributed by atoms with Crippen molar-refractivity contribution in [2.75, 3.05) is 25.0 Å². The maximum atomic E-state index is 11.2. The number of nitrogens with zero attached hydrogens (tertiary/aromatic N) is 2. The van der Waals surface area contributed by atoms with E-state index < -0.39 is 9.85 Å². The lowest BCUT2D eigenvalue weighted by Gasteiger charge is -2.12. The van der Waals surface area contributed by atoms with Gasteiger partial charge in [-0.2, -0.15) is 0 Å². The van der Waals surface area contributed by atoms with Crippen LogP contribution in [0.5, 0.6) is 0 Å². The van der Waals surface area contributed by atoms with Gasteiger partial charge in [0.05, 0.1) is 35.3 Å². The van der Waals surface area contributed by atoms with Crippen molar-refractivity contribution in [3.8, 4) is 23.7 Å². The summed E-state index contributed by atoms with van der Waals surface area (Å²) in [7, 11) is 0.